The molecule has 0 aromatic carbocycles. The number of carbonyl (C=O) groups excluding carboxylic acids is 2. The maximum absolute atomic E-state index is 10.7. The maximum Gasteiger partial charge on any atom is 0.322 e. The largest absolute Gasteiger partial charge is 0.681 e. The van der Waals surface area contributed by atoms with E-state index in [1.807, 2.05) is 0 Å². The molecule has 0 heterocycles. The Hall–Kier alpha value is -0.0400. The van der Waals surface area contributed by atoms with Crippen LogP contribution in [0.3, 0.4) is 0 Å². The fourth-order valence-corrected chi connectivity index (χ4v) is 1.72. The van der Waals surface area contributed by atoms with E-state index in [9.17, 15) is 29.2 Å². The SMILES string of the molecule is O=C(CCCCC(=O)[P+]([O-])(O)O)[P+]([O-])([O-])[O-]. The van der Waals surface area contributed by atoms with Crippen LogP contribution in [0.5, 0.6) is 0 Å². The molecule has 0 radical (unpaired) electrons. The van der Waals surface area contributed by atoms with E-state index in [1.165, 1.54) is 0 Å². The summed E-state index contributed by atoms with van der Waals surface area (Å²) < 4.78 is 0. The van der Waals surface area contributed by atoms with E-state index in [2.05, 4.69) is 0 Å². The molecule has 10 heteroatoms. The number of carbonyl (C=O) groups is 2. The van der Waals surface area contributed by atoms with Gasteiger partial charge in [-0.15, -0.1) is 0 Å². The van der Waals surface area contributed by atoms with Crippen LogP contribution in [-0.2, 0) is 9.59 Å². The van der Waals surface area contributed by atoms with E-state index >= 15 is 0 Å². The predicted octanol–water partition coefficient (Wildman–Crippen LogP) is -3.45. The Morgan fingerprint density at radius 2 is 1.25 bits per heavy atom. The highest BCUT2D eigenvalue weighted by Gasteiger charge is 2.30. The maximum atomic E-state index is 10.7. The Bertz CT molecular complexity index is 237. The minimum atomic E-state index is -5.23. The van der Waals surface area contributed by atoms with Crippen molar-refractivity contribution < 1.29 is 38.9 Å². The third kappa shape index (κ3) is 6.52. The monoisotopic (exact) mass is 272 g/mol. The third-order valence-corrected chi connectivity index (χ3v) is 3.37. The molecule has 0 aliphatic heterocycles. The molecule has 0 atom stereocenters. The molecule has 0 unspecified atom stereocenters. The van der Waals surface area contributed by atoms with Gasteiger partial charge in [-0.3, -0.25) is 4.79 Å². The highest BCUT2D eigenvalue weighted by Crippen LogP contribution is 2.42. The molecular formula is C6H10O8P2-2. The van der Waals surface area contributed by atoms with Crippen molar-refractivity contribution >= 4 is 26.9 Å². The van der Waals surface area contributed by atoms with Gasteiger partial charge in [0.15, 0.2) is 0 Å². The highest BCUT2D eigenvalue weighted by molar-refractivity contribution is 7.74. The quantitative estimate of drug-likeness (QED) is 0.356. The summed E-state index contributed by atoms with van der Waals surface area (Å²) in [5.41, 5.74) is -2.73. The van der Waals surface area contributed by atoms with Gasteiger partial charge >= 0.3 is 5.52 Å². The Labute approximate surface area is 92.3 Å². The van der Waals surface area contributed by atoms with E-state index in [-0.39, 0.29) is 12.8 Å². The molecular weight excluding hydrogens is 262 g/mol. The van der Waals surface area contributed by atoms with Crippen LogP contribution < -0.4 is 19.6 Å². The number of hydrogen-bond acceptors (Lipinski definition) is 8. The van der Waals surface area contributed by atoms with Gasteiger partial charge in [0.25, 0.3) is 7.94 Å². The molecule has 0 aliphatic rings. The zero-order chi connectivity index (χ0) is 13.0. The number of hydrogen-bond donors (Lipinski definition) is 2. The van der Waals surface area contributed by atoms with Crippen LogP contribution in [0.1, 0.15) is 25.7 Å². The first-order valence-electron chi connectivity index (χ1n) is 4.19. The Kier molecular flexibility index (Phi) is 6.03. The number of unbranched alkanes of at least 4 members (excludes halogenated alkanes) is 1. The van der Waals surface area contributed by atoms with Gasteiger partial charge in [-0.05, 0) is 12.8 Å². The van der Waals surface area contributed by atoms with Gasteiger partial charge in [0, 0.05) is 12.8 Å². The van der Waals surface area contributed by atoms with Crippen LogP contribution in [0.25, 0.3) is 0 Å². The molecule has 0 amide bonds. The van der Waals surface area contributed by atoms with Crippen molar-refractivity contribution in [2.45, 2.75) is 25.7 Å². The van der Waals surface area contributed by atoms with Crippen molar-refractivity contribution in [3.8, 4) is 0 Å². The molecule has 8 nitrogen and oxygen atoms in total. The second-order valence-electron chi connectivity index (χ2n) is 3.04. The van der Waals surface area contributed by atoms with Gasteiger partial charge in [-0.2, -0.15) is 0 Å². The van der Waals surface area contributed by atoms with Crippen LogP contribution in [0.4, 0.5) is 0 Å². The Balaban J connectivity index is 3.79. The first kappa shape index (κ1) is 16.0. The van der Waals surface area contributed by atoms with Gasteiger partial charge in [0.1, 0.15) is 0 Å². The second-order valence-corrected chi connectivity index (χ2v) is 6.12. The molecule has 94 valence electrons. The lowest BCUT2D eigenvalue weighted by Crippen LogP contribution is -2.38. The summed E-state index contributed by atoms with van der Waals surface area (Å²) >= 11 is 0. The summed E-state index contributed by atoms with van der Waals surface area (Å²) in [7, 11) is -9.99. The summed E-state index contributed by atoms with van der Waals surface area (Å²) in [6.07, 6.45) is -1.15. The van der Waals surface area contributed by atoms with Crippen LogP contribution in [0.2, 0.25) is 0 Å². The highest BCUT2D eigenvalue weighted by atomic mass is 31.2. The predicted molar refractivity (Wildman–Crippen MR) is 46.8 cm³/mol. The van der Waals surface area contributed by atoms with Crippen molar-refractivity contribution in [2.24, 2.45) is 0 Å². The summed E-state index contributed by atoms with van der Waals surface area (Å²) in [6.45, 7) is 0. The van der Waals surface area contributed by atoms with Gasteiger partial charge < -0.3 is 19.6 Å². The van der Waals surface area contributed by atoms with Crippen molar-refractivity contribution in [1.82, 2.24) is 0 Å². The van der Waals surface area contributed by atoms with E-state index in [4.69, 9.17) is 9.79 Å². The Morgan fingerprint density at radius 3 is 1.56 bits per heavy atom. The van der Waals surface area contributed by atoms with Crippen LogP contribution in [0, 0.1) is 0 Å². The molecule has 2 N–H and O–H groups in total. The molecule has 0 bridgehead atoms. The second kappa shape index (κ2) is 6.05. The van der Waals surface area contributed by atoms with Gasteiger partial charge in [-0.1, -0.05) is 7.94 Å². The first-order valence-corrected chi connectivity index (χ1v) is 7.35. The molecule has 0 saturated heterocycles. The number of rotatable bonds is 7. The topological polar surface area (TPSA) is 167 Å². The van der Waals surface area contributed by atoms with Crippen molar-refractivity contribution in [2.75, 3.05) is 0 Å². The van der Waals surface area contributed by atoms with Gasteiger partial charge in [0.05, 0.1) is 0 Å². The first-order chi connectivity index (χ1) is 7.05. The molecule has 0 saturated carbocycles. The smallest absolute Gasteiger partial charge is 0.322 e. The summed E-state index contributed by atoms with van der Waals surface area (Å²) in [4.78, 5) is 78.8. The molecule has 0 spiro atoms. The van der Waals surface area contributed by atoms with E-state index in [1.54, 1.807) is 0 Å². The van der Waals surface area contributed by atoms with Crippen molar-refractivity contribution in [3.05, 3.63) is 0 Å². The Morgan fingerprint density at radius 1 is 0.875 bits per heavy atom. The van der Waals surface area contributed by atoms with Crippen molar-refractivity contribution in [3.63, 3.8) is 0 Å². The third-order valence-electron chi connectivity index (χ3n) is 1.66. The fraction of sp³-hybridized carbons (Fsp3) is 0.667. The molecule has 0 fully saturated rings. The average molecular weight is 272 g/mol. The zero-order valence-electron chi connectivity index (χ0n) is 8.07. The van der Waals surface area contributed by atoms with Crippen LogP contribution in [-0.4, -0.2) is 20.8 Å². The lowest BCUT2D eigenvalue weighted by atomic mass is 10.2. The summed E-state index contributed by atoms with van der Waals surface area (Å²) in [5, 5.41) is 0. The fourth-order valence-electron chi connectivity index (χ4n) is 0.835. The van der Waals surface area contributed by atoms with Crippen LogP contribution in [0.15, 0.2) is 0 Å². The van der Waals surface area contributed by atoms with E-state index in [0.717, 1.165) is 0 Å². The molecule has 16 heavy (non-hydrogen) atoms. The van der Waals surface area contributed by atoms with Gasteiger partial charge in [-0.25, -0.2) is 14.6 Å². The summed E-state index contributed by atoms with van der Waals surface area (Å²) in [6, 6.07) is 0. The van der Waals surface area contributed by atoms with E-state index in [0.29, 0.717) is 0 Å². The zero-order valence-corrected chi connectivity index (χ0v) is 9.86. The minimum Gasteiger partial charge on any atom is -0.681 e. The molecule has 0 aromatic heterocycles. The average Bonchev–Trinajstić information content (AvgIpc) is 2.08. The lowest BCUT2D eigenvalue weighted by molar-refractivity contribution is -0.422. The van der Waals surface area contributed by atoms with Crippen molar-refractivity contribution in [1.29, 1.82) is 0 Å². The standard InChI is InChI=1S/C6H12O8P2/c7-5(15(9,10)11)3-1-2-4-6(8)16(12,13)14/h1-4H2,(H2,9,10,11)(H2,12,13,14)/p-2. The van der Waals surface area contributed by atoms with Crippen LogP contribution >= 0.6 is 15.9 Å². The van der Waals surface area contributed by atoms with Gasteiger partial charge in [0.2, 0.25) is 5.52 Å². The normalized spacial score (nSPS) is 12.6. The molecule has 0 rings (SSSR count). The molecule has 0 aliphatic carbocycles. The summed E-state index contributed by atoms with van der Waals surface area (Å²) in [5.74, 6) is 0. The minimum absolute atomic E-state index is 0.0598. The molecule has 0 aromatic rings. The van der Waals surface area contributed by atoms with E-state index < -0.39 is 39.8 Å². The lowest BCUT2D eigenvalue weighted by Gasteiger charge is -2.38.